The number of morpholine rings is 1. The maximum absolute atomic E-state index is 10.8. The van der Waals surface area contributed by atoms with Crippen molar-refractivity contribution in [1.82, 2.24) is 10.3 Å². The van der Waals surface area contributed by atoms with Gasteiger partial charge in [0.15, 0.2) is 0 Å². The number of ether oxygens (including phenoxy) is 1. The minimum atomic E-state index is -0.882. The van der Waals surface area contributed by atoms with Crippen LogP contribution in [0.5, 0.6) is 0 Å². The third-order valence-corrected chi connectivity index (χ3v) is 3.28. The second-order valence-electron chi connectivity index (χ2n) is 3.47. The molecule has 0 radical (unpaired) electrons. The molecule has 2 heterocycles. The maximum Gasteiger partial charge on any atom is 0.323 e. The summed E-state index contributed by atoms with van der Waals surface area (Å²) in [5.41, 5.74) is 0.953. The number of nitrogens with zero attached hydrogens (tertiary/aromatic N) is 1. The van der Waals surface area contributed by atoms with E-state index in [2.05, 4.69) is 10.3 Å². The lowest BCUT2D eigenvalue weighted by atomic mass is 10.2. The quantitative estimate of drug-likeness (QED) is 0.774. The highest BCUT2D eigenvalue weighted by atomic mass is 32.1. The van der Waals surface area contributed by atoms with Crippen LogP contribution < -0.4 is 5.32 Å². The van der Waals surface area contributed by atoms with Crippen LogP contribution in [0.15, 0.2) is 5.38 Å². The summed E-state index contributed by atoms with van der Waals surface area (Å²) in [5.74, 6) is -0.882. The predicted molar refractivity (Wildman–Crippen MR) is 55.0 cm³/mol. The Morgan fingerprint density at radius 1 is 1.73 bits per heavy atom. The highest BCUT2D eigenvalue weighted by Gasteiger charge is 2.28. The average molecular weight is 228 g/mol. The molecule has 1 aliphatic heterocycles. The molecule has 2 N–H and O–H groups in total. The Morgan fingerprint density at radius 2 is 2.53 bits per heavy atom. The lowest BCUT2D eigenvalue weighted by Crippen LogP contribution is -2.48. The first-order chi connectivity index (χ1) is 7.16. The van der Waals surface area contributed by atoms with Crippen LogP contribution in [0.2, 0.25) is 0 Å². The summed E-state index contributed by atoms with van der Waals surface area (Å²) in [6.45, 7) is 2.62. The second kappa shape index (κ2) is 4.26. The van der Waals surface area contributed by atoms with Crippen LogP contribution in [0.1, 0.15) is 16.7 Å². The molecule has 0 saturated carbocycles. The zero-order valence-electron chi connectivity index (χ0n) is 8.27. The van der Waals surface area contributed by atoms with Crippen molar-refractivity contribution >= 4 is 17.3 Å². The summed E-state index contributed by atoms with van der Waals surface area (Å²) < 4.78 is 5.24. The molecule has 1 saturated heterocycles. The van der Waals surface area contributed by atoms with E-state index in [9.17, 15) is 4.79 Å². The van der Waals surface area contributed by atoms with Crippen molar-refractivity contribution in [3.05, 3.63) is 16.1 Å². The molecule has 5 nitrogen and oxygen atoms in total. The van der Waals surface area contributed by atoms with Crippen LogP contribution in [-0.2, 0) is 9.53 Å². The number of hydrogen-bond acceptors (Lipinski definition) is 5. The number of thiazole rings is 1. The van der Waals surface area contributed by atoms with Crippen molar-refractivity contribution in [2.45, 2.75) is 19.0 Å². The Balaban J connectivity index is 2.07. The molecule has 6 heteroatoms. The molecule has 2 rings (SSSR count). The van der Waals surface area contributed by atoms with Crippen LogP contribution in [-0.4, -0.2) is 35.3 Å². The van der Waals surface area contributed by atoms with E-state index in [-0.39, 0.29) is 12.6 Å². The first-order valence-corrected chi connectivity index (χ1v) is 5.53. The van der Waals surface area contributed by atoms with Crippen LogP contribution in [0.4, 0.5) is 0 Å². The fourth-order valence-electron chi connectivity index (χ4n) is 1.46. The van der Waals surface area contributed by atoms with Gasteiger partial charge in [-0.05, 0) is 6.92 Å². The summed E-state index contributed by atoms with van der Waals surface area (Å²) >= 11 is 1.52. The van der Waals surface area contributed by atoms with Gasteiger partial charge in [0.2, 0.25) is 0 Å². The Labute approximate surface area is 91.1 Å². The van der Waals surface area contributed by atoms with Crippen LogP contribution in [0, 0.1) is 6.92 Å². The first kappa shape index (κ1) is 10.5. The SMILES string of the molecule is Cc1csc(C2COCC(C(=O)O)N2)n1. The number of carboxylic acid groups (broad SMARTS) is 1. The number of carboxylic acids is 1. The smallest absolute Gasteiger partial charge is 0.323 e. The van der Waals surface area contributed by atoms with Gasteiger partial charge in [0.25, 0.3) is 0 Å². The van der Waals surface area contributed by atoms with E-state index in [1.165, 1.54) is 11.3 Å². The Morgan fingerprint density at radius 3 is 3.13 bits per heavy atom. The molecule has 1 fully saturated rings. The summed E-state index contributed by atoms with van der Waals surface area (Å²) in [7, 11) is 0. The first-order valence-electron chi connectivity index (χ1n) is 4.65. The molecule has 1 aromatic heterocycles. The van der Waals surface area contributed by atoms with Gasteiger partial charge in [-0.3, -0.25) is 10.1 Å². The summed E-state index contributed by atoms with van der Waals surface area (Å²) in [6.07, 6.45) is 0. The van der Waals surface area contributed by atoms with E-state index in [1.807, 2.05) is 12.3 Å². The highest BCUT2D eigenvalue weighted by Crippen LogP contribution is 2.21. The molecule has 1 aromatic rings. The minimum absolute atomic E-state index is 0.0986. The van der Waals surface area contributed by atoms with E-state index in [1.54, 1.807) is 0 Å². The molecule has 0 aromatic carbocycles. The van der Waals surface area contributed by atoms with Crippen LogP contribution in [0.3, 0.4) is 0 Å². The van der Waals surface area contributed by atoms with E-state index >= 15 is 0 Å². The molecule has 0 spiro atoms. The molecule has 1 aliphatic rings. The van der Waals surface area contributed by atoms with Gasteiger partial charge in [0.05, 0.1) is 19.3 Å². The zero-order chi connectivity index (χ0) is 10.8. The fraction of sp³-hybridized carbons (Fsp3) is 0.556. The summed E-state index contributed by atoms with van der Waals surface area (Å²) in [6, 6.07) is -0.730. The molecular formula is C9H12N2O3S. The third-order valence-electron chi connectivity index (χ3n) is 2.20. The van der Waals surface area contributed by atoms with Crippen molar-refractivity contribution in [1.29, 1.82) is 0 Å². The average Bonchev–Trinajstić information content (AvgIpc) is 2.65. The number of hydrogen-bond donors (Lipinski definition) is 2. The lowest BCUT2D eigenvalue weighted by molar-refractivity contribution is -0.143. The van der Waals surface area contributed by atoms with E-state index in [4.69, 9.17) is 9.84 Å². The van der Waals surface area contributed by atoms with Gasteiger partial charge in [0.1, 0.15) is 11.0 Å². The number of rotatable bonds is 2. The van der Waals surface area contributed by atoms with Crippen LogP contribution in [0.25, 0.3) is 0 Å². The topological polar surface area (TPSA) is 71.5 Å². The molecule has 82 valence electrons. The van der Waals surface area contributed by atoms with Gasteiger partial charge in [-0.25, -0.2) is 4.98 Å². The number of aliphatic carboxylic acids is 1. The molecule has 2 atom stereocenters. The molecule has 2 unspecified atom stereocenters. The Hall–Kier alpha value is -0.980. The van der Waals surface area contributed by atoms with Gasteiger partial charge < -0.3 is 9.84 Å². The number of aryl methyl sites for hydroxylation is 1. The van der Waals surface area contributed by atoms with Crippen molar-refractivity contribution in [3.8, 4) is 0 Å². The molecular weight excluding hydrogens is 216 g/mol. The number of aromatic nitrogens is 1. The largest absolute Gasteiger partial charge is 0.480 e. The van der Waals surface area contributed by atoms with E-state index in [0.717, 1.165) is 10.7 Å². The molecule has 0 bridgehead atoms. The standard InChI is InChI=1S/C9H12N2O3S/c1-5-4-15-8(10-5)6-2-14-3-7(11-6)9(12)13/h4,6-7,11H,2-3H2,1H3,(H,12,13). The summed E-state index contributed by atoms with van der Waals surface area (Å²) in [4.78, 5) is 15.1. The highest BCUT2D eigenvalue weighted by molar-refractivity contribution is 7.09. The number of nitrogens with one attached hydrogen (secondary N) is 1. The predicted octanol–water partition coefficient (Wildman–Crippen LogP) is 0.566. The fourth-order valence-corrected chi connectivity index (χ4v) is 2.30. The van der Waals surface area contributed by atoms with Crippen molar-refractivity contribution in [3.63, 3.8) is 0 Å². The number of carbonyl (C=O) groups is 1. The van der Waals surface area contributed by atoms with Gasteiger partial charge in [-0.15, -0.1) is 11.3 Å². The maximum atomic E-state index is 10.8. The molecule has 0 amide bonds. The van der Waals surface area contributed by atoms with Gasteiger partial charge in [-0.2, -0.15) is 0 Å². The molecule has 0 aliphatic carbocycles. The Kier molecular flexibility index (Phi) is 2.99. The normalized spacial score (nSPS) is 26.5. The minimum Gasteiger partial charge on any atom is -0.480 e. The van der Waals surface area contributed by atoms with Gasteiger partial charge >= 0.3 is 5.97 Å². The van der Waals surface area contributed by atoms with Gasteiger partial charge in [-0.1, -0.05) is 0 Å². The molecule has 15 heavy (non-hydrogen) atoms. The Bertz CT molecular complexity index is 366. The zero-order valence-corrected chi connectivity index (χ0v) is 9.08. The third kappa shape index (κ3) is 2.34. The monoisotopic (exact) mass is 228 g/mol. The van der Waals surface area contributed by atoms with Crippen molar-refractivity contribution in [2.24, 2.45) is 0 Å². The van der Waals surface area contributed by atoms with E-state index < -0.39 is 12.0 Å². The van der Waals surface area contributed by atoms with Crippen molar-refractivity contribution < 1.29 is 14.6 Å². The lowest BCUT2D eigenvalue weighted by Gasteiger charge is -2.27. The van der Waals surface area contributed by atoms with E-state index in [0.29, 0.717) is 6.61 Å². The summed E-state index contributed by atoms with van der Waals surface area (Å²) in [5, 5.41) is 14.7. The van der Waals surface area contributed by atoms with Crippen LogP contribution >= 0.6 is 11.3 Å². The van der Waals surface area contributed by atoms with Gasteiger partial charge in [0, 0.05) is 11.1 Å². The van der Waals surface area contributed by atoms with Crippen molar-refractivity contribution in [2.75, 3.05) is 13.2 Å². The second-order valence-corrected chi connectivity index (χ2v) is 4.36.